The molecular weight excluding hydrogens is 469 g/mol. The summed E-state index contributed by atoms with van der Waals surface area (Å²) in [6.45, 7) is 2.16. The number of fused-ring (bicyclic) bond motifs is 1. The van der Waals surface area contributed by atoms with Crippen LogP contribution in [-0.2, 0) is 17.1 Å². The Morgan fingerprint density at radius 3 is 2.75 bits per heavy atom. The number of hydrogen-bond acceptors (Lipinski definition) is 5. The van der Waals surface area contributed by atoms with Crippen molar-refractivity contribution in [3.05, 3.63) is 86.5 Å². The zero-order chi connectivity index (χ0) is 22.7. The van der Waals surface area contributed by atoms with Crippen LogP contribution in [0.25, 0.3) is 21.3 Å². The molecule has 0 aliphatic heterocycles. The monoisotopic (exact) mass is 487 g/mol. The smallest absolute Gasteiger partial charge is 0.260 e. The van der Waals surface area contributed by atoms with Crippen molar-refractivity contribution >= 4 is 50.8 Å². The first-order chi connectivity index (χ1) is 15.4. The Morgan fingerprint density at radius 2 is 2.00 bits per heavy atom. The zero-order valence-corrected chi connectivity index (χ0v) is 19.4. The molecule has 2 aromatic heterocycles. The van der Waals surface area contributed by atoms with Crippen molar-refractivity contribution in [2.24, 2.45) is 0 Å². The molecule has 0 aliphatic carbocycles. The number of rotatable bonds is 7. The second-order valence-electron chi connectivity index (χ2n) is 7.11. The van der Waals surface area contributed by atoms with Gasteiger partial charge in [0.15, 0.2) is 0 Å². The summed E-state index contributed by atoms with van der Waals surface area (Å²) in [5.74, 6) is 0.443. The number of aromatic nitrogens is 2. The molecule has 1 unspecified atom stereocenters. The Balaban J connectivity index is 1.42. The second-order valence-corrected chi connectivity index (χ2v) is 9.71. The molecule has 9 heteroatoms. The number of aromatic amines is 1. The number of carbonyl (C=O) groups excluding carboxylic acids is 1. The average molecular weight is 488 g/mol. The van der Waals surface area contributed by atoms with E-state index in [0.29, 0.717) is 33.4 Å². The average Bonchev–Trinajstić information content (AvgIpc) is 3.22. The summed E-state index contributed by atoms with van der Waals surface area (Å²) in [5, 5.41) is 5.49. The molecule has 2 N–H and O–H groups in total. The SMILES string of the molecule is CC(SCc1nc2scc(-c3ccc(F)cc3)c2c(=O)[nH]1)C(=O)NCc1ccccc1Cl. The molecule has 4 rings (SSSR count). The van der Waals surface area contributed by atoms with Crippen molar-refractivity contribution in [2.45, 2.75) is 24.5 Å². The predicted molar refractivity (Wildman–Crippen MR) is 130 cm³/mol. The fourth-order valence-electron chi connectivity index (χ4n) is 3.15. The highest BCUT2D eigenvalue weighted by Gasteiger charge is 2.17. The van der Waals surface area contributed by atoms with Gasteiger partial charge in [-0.15, -0.1) is 23.1 Å². The predicted octanol–water partition coefficient (Wildman–Crippen LogP) is 5.38. The van der Waals surface area contributed by atoms with Gasteiger partial charge in [0.05, 0.1) is 16.4 Å². The van der Waals surface area contributed by atoms with Crippen LogP contribution in [0.15, 0.2) is 58.7 Å². The quantitative estimate of drug-likeness (QED) is 0.367. The highest BCUT2D eigenvalue weighted by atomic mass is 35.5. The van der Waals surface area contributed by atoms with Gasteiger partial charge in [0.25, 0.3) is 5.56 Å². The van der Waals surface area contributed by atoms with Gasteiger partial charge in [0.1, 0.15) is 16.5 Å². The van der Waals surface area contributed by atoms with Gasteiger partial charge in [-0.3, -0.25) is 9.59 Å². The van der Waals surface area contributed by atoms with Gasteiger partial charge in [-0.2, -0.15) is 0 Å². The summed E-state index contributed by atoms with van der Waals surface area (Å²) in [5.41, 5.74) is 2.09. The third-order valence-electron chi connectivity index (χ3n) is 4.90. The van der Waals surface area contributed by atoms with Crippen LogP contribution in [0.2, 0.25) is 5.02 Å². The van der Waals surface area contributed by atoms with Crippen LogP contribution in [0, 0.1) is 5.82 Å². The third kappa shape index (κ3) is 5.03. The van der Waals surface area contributed by atoms with E-state index in [9.17, 15) is 14.0 Å². The van der Waals surface area contributed by atoms with Crippen LogP contribution >= 0.6 is 34.7 Å². The maximum absolute atomic E-state index is 13.2. The third-order valence-corrected chi connectivity index (χ3v) is 7.29. The normalized spacial score (nSPS) is 12.1. The van der Waals surface area contributed by atoms with E-state index in [-0.39, 0.29) is 22.5 Å². The van der Waals surface area contributed by atoms with Gasteiger partial charge >= 0.3 is 0 Å². The molecule has 0 bridgehead atoms. The molecule has 32 heavy (non-hydrogen) atoms. The molecule has 0 spiro atoms. The van der Waals surface area contributed by atoms with Crippen LogP contribution < -0.4 is 10.9 Å². The summed E-state index contributed by atoms with van der Waals surface area (Å²) in [7, 11) is 0. The number of amides is 1. The Labute approximate surface area is 197 Å². The number of hydrogen-bond donors (Lipinski definition) is 2. The van der Waals surface area contributed by atoms with Gasteiger partial charge in [0.2, 0.25) is 5.91 Å². The molecule has 1 atom stereocenters. The van der Waals surface area contributed by atoms with E-state index in [1.165, 1.54) is 35.2 Å². The number of thioether (sulfide) groups is 1. The van der Waals surface area contributed by atoms with Crippen molar-refractivity contribution in [1.29, 1.82) is 0 Å². The largest absolute Gasteiger partial charge is 0.351 e. The standard InChI is InChI=1S/C23H19ClFN3O2S2/c1-13(21(29)26-10-15-4-2-3-5-18(15)24)31-12-19-27-22(30)20-17(11-32-23(20)28-19)14-6-8-16(25)9-7-14/h2-9,11,13H,10,12H2,1H3,(H,26,29)(H,27,28,30). The molecule has 0 fully saturated rings. The van der Waals surface area contributed by atoms with E-state index < -0.39 is 0 Å². The number of nitrogens with one attached hydrogen (secondary N) is 2. The number of thiophene rings is 1. The lowest BCUT2D eigenvalue weighted by atomic mass is 10.1. The van der Waals surface area contributed by atoms with Gasteiger partial charge in [-0.05, 0) is 36.2 Å². The first-order valence-corrected chi connectivity index (χ1v) is 12.1. The number of nitrogens with zero attached hydrogens (tertiary/aromatic N) is 1. The number of halogens is 2. The van der Waals surface area contributed by atoms with Crippen molar-refractivity contribution in [3.8, 4) is 11.1 Å². The van der Waals surface area contributed by atoms with Gasteiger partial charge in [0, 0.05) is 22.5 Å². The van der Waals surface area contributed by atoms with Crippen molar-refractivity contribution < 1.29 is 9.18 Å². The lowest BCUT2D eigenvalue weighted by Crippen LogP contribution is -2.30. The molecule has 0 radical (unpaired) electrons. The van der Waals surface area contributed by atoms with Crippen LogP contribution in [0.5, 0.6) is 0 Å². The number of H-pyrrole nitrogens is 1. The van der Waals surface area contributed by atoms with Crippen LogP contribution in [0.4, 0.5) is 4.39 Å². The van der Waals surface area contributed by atoms with Crippen LogP contribution in [0.3, 0.4) is 0 Å². The molecule has 0 saturated carbocycles. The molecule has 164 valence electrons. The van der Waals surface area contributed by atoms with Crippen molar-refractivity contribution in [1.82, 2.24) is 15.3 Å². The first kappa shape index (κ1) is 22.5. The van der Waals surface area contributed by atoms with Gasteiger partial charge in [-0.1, -0.05) is 41.9 Å². The summed E-state index contributed by atoms with van der Waals surface area (Å²) in [4.78, 5) is 33.1. The van der Waals surface area contributed by atoms with E-state index in [1.54, 1.807) is 25.1 Å². The highest BCUT2D eigenvalue weighted by molar-refractivity contribution is 7.99. The molecule has 4 aromatic rings. The summed E-state index contributed by atoms with van der Waals surface area (Å²) in [6, 6.07) is 13.4. The van der Waals surface area contributed by atoms with Gasteiger partial charge < -0.3 is 10.3 Å². The van der Waals surface area contributed by atoms with Gasteiger partial charge in [-0.25, -0.2) is 9.37 Å². The maximum atomic E-state index is 13.2. The minimum Gasteiger partial charge on any atom is -0.351 e. The highest BCUT2D eigenvalue weighted by Crippen LogP contribution is 2.31. The summed E-state index contributed by atoms with van der Waals surface area (Å²) >= 11 is 8.87. The second kappa shape index (κ2) is 9.85. The molecule has 2 aromatic carbocycles. The van der Waals surface area contributed by atoms with E-state index in [0.717, 1.165) is 16.7 Å². The molecular formula is C23H19ClFN3O2S2. The Hall–Kier alpha value is -2.68. The first-order valence-electron chi connectivity index (χ1n) is 9.81. The topological polar surface area (TPSA) is 74.8 Å². The molecule has 0 saturated heterocycles. The fraction of sp³-hybridized carbons (Fsp3) is 0.174. The van der Waals surface area contributed by atoms with Crippen molar-refractivity contribution in [2.75, 3.05) is 0 Å². The minimum absolute atomic E-state index is 0.118. The fourth-order valence-corrected chi connectivity index (χ4v) is 5.10. The molecule has 1 amide bonds. The Bertz CT molecular complexity index is 1320. The lowest BCUT2D eigenvalue weighted by Gasteiger charge is -2.12. The van der Waals surface area contributed by atoms with Crippen molar-refractivity contribution in [3.63, 3.8) is 0 Å². The van der Waals surface area contributed by atoms with Crippen LogP contribution in [0.1, 0.15) is 18.3 Å². The molecule has 0 aliphatic rings. The number of benzene rings is 2. The zero-order valence-electron chi connectivity index (χ0n) is 17.0. The molecule has 5 nitrogen and oxygen atoms in total. The van der Waals surface area contributed by atoms with E-state index >= 15 is 0 Å². The van der Waals surface area contributed by atoms with E-state index in [1.807, 2.05) is 23.6 Å². The lowest BCUT2D eigenvalue weighted by molar-refractivity contribution is -0.120. The Kier molecular flexibility index (Phi) is 6.93. The summed E-state index contributed by atoms with van der Waals surface area (Å²) < 4.78 is 13.2. The Morgan fingerprint density at radius 1 is 1.25 bits per heavy atom. The minimum atomic E-state index is -0.336. The summed E-state index contributed by atoms with van der Waals surface area (Å²) in [6.07, 6.45) is 0. The number of carbonyl (C=O) groups is 1. The van der Waals surface area contributed by atoms with E-state index in [2.05, 4.69) is 15.3 Å². The van der Waals surface area contributed by atoms with E-state index in [4.69, 9.17) is 11.6 Å². The maximum Gasteiger partial charge on any atom is 0.260 e. The molecule has 2 heterocycles. The van der Waals surface area contributed by atoms with Crippen LogP contribution in [-0.4, -0.2) is 21.1 Å².